The second-order valence-corrected chi connectivity index (χ2v) is 6.25. The number of alkyl halides is 6. The Kier molecular flexibility index (Phi) is 6.50. The topological polar surface area (TPSA) is 71.3 Å². The third-order valence-corrected chi connectivity index (χ3v) is 3.70. The van der Waals surface area contributed by atoms with Crippen LogP contribution < -0.4 is 14.8 Å². The van der Waals surface area contributed by atoms with Gasteiger partial charge < -0.3 is 14.8 Å². The molecule has 5 nitrogen and oxygen atoms in total. The lowest BCUT2D eigenvalue weighted by Crippen LogP contribution is -2.49. The number of ether oxygens (including phenoxy) is 2. The number of amides is 1. The summed E-state index contributed by atoms with van der Waals surface area (Å²) in [5.41, 5.74) is -2.87. The molecule has 0 heterocycles. The first kappa shape index (κ1) is 22.9. The van der Waals surface area contributed by atoms with Gasteiger partial charge in [-0.15, -0.1) is 13.2 Å². The number of nitriles is 1. The van der Waals surface area contributed by atoms with Gasteiger partial charge in [0, 0.05) is 5.56 Å². The molecule has 0 aliphatic carbocycles. The molecule has 1 amide bonds. The summed E-state index contributed by atoms with van der Waals surface area (Å²) in [6.45, 7) is 0.611. The van der Waals surface area contributed by atoms with Crippen molar-refractivity contribution in [1.29, 1.82) is 5.26 Å². The van der Waals surface area contributed by atoms with Crippen molar-refractivity contribution in [2.45, 2.75) is 25.0 Å². The SMILES string of the molecule is C[C@](C#N)(COc1ccccc1C(F)(F)F)NC(=O)c1ccc(OC(F)(F)F)cc1. The maximum absolute atomic E-state index is 13.0. The van der Waals surface area contributed by atoms with E-state index in [9.17, 15) is 36.4 Å². The molecule has 2 aromatic rings. The molecule has 0 aliphatic heterocycles. The van der Waals surface area contributed by atoms with E-state index in [1.54, 1.807) is 6.07 Å². The Morgan fingerprint density at radius 1 is 1.03 bits per heavy atom. The Morgan fingerprint density at radius 2 is 1.63 bits per heavy atom. The first-order chi connectivity index (χ1) is 13.8. The maximum atomic E-state index is 13.0. The smallest absolute Gasteiger partial charge is 0.489 e. The number of para-hydroxylation sites is 1. The van der Waals surface area contributed by atoms with E-state index in [0.29, 0.717) is 0 Å². The van der Waals surface area contributed by atoms with E-state index in [2.05, 4.69) is 10.1 Å². The summed E-state index contributed by atoms with van der Waals surface area (Å²) in [4.78, 5) is 12.3. The number of carbonyl (C=O) groups excluding carboxylic acids is 1. The van der Waals surface area contributed by atoms with Gasteiger partial charge in [-0.2, -0.15) is 18.4 Å². The van der Waals surface area contributed by atoms with Crippen molar-refractivity contribution in [1.82, 2.24) is 5.32 Å². The molecule has 0 bridgehead atoms. The van der Waals surface area contributed by atoms with Crippen molar-refractivity contribution in [2.75, 3.05) is 6.61 Å². The van der Waals surface area contributed by atoms with Gasteiger partial charge in [0.2, 0.25) is 0 Å². The van der Waals surface area contributed by atoms with Crippen molar-refractivity contribution in [2.24, 2.45) is 0 Å². The number of hydrogen-bond donors (Lipinski definition) is 1. The van der Waals surface area contributed by atoms with Gasteiger partial charge in [-0.1, -0.05) is 12.1 Å². The molecule has 0 radical (unpaired) electrons. The standard InChI is InChI=1S/C19H14F6N2O3/c1-17(10-26,11-29-15-5-3-2-4-14(15)18(20,21)22)27-16(28)12-6-8-13(9-7-12)30-19(23,24)25/h2-9H,11H2,1H3,(H,27,28)/t17-/m0/s1. The second-order valence-electron chi connectivity index (χ2n) is 6.25. The van der Waals surface area contributed by atoms with Gasteiger partial charge in [-0.05, 0) is 43.3 Å². The maximum Gasteiger partial charge on any atom is 0.573 e. The Labute approximate surface area is 166 Å². The number of halogens is 6. The van der Waals surface area contributed by atoms with E-state index in [1.165, 1.54) is 19.1 Å². The zero-order valence-corrected chi connectivity index (χ0v) is 15.3. The van der Waals surface area contributed by atoms with Crippen LogP contribution in [0.25, 0.3) is 0 Å². The minimum atomic E-state index is -4.90. The first-order valence-corrected chi connectivity index (χ1v) is 8.21. The van der Waals surface area contributed by atoms with Crippen molar-refractivity contribution in [3.05, 3.63) is 59.7 Å². The molecular formula is C19H14F6N2O3. The molecule has 2 aromatic carbocycles. The Morgan fingerprint density at radius 3 is 2.17 bits per heavy atom. The third kappa shape index (κ3) is 6.30. The summed E-state index contributed by atoms with van der Waals surface area (Å²) in [6.07, 6.45) is -9.57. The van der Waals surface area contributed by atoms with E-state index in [0.717, 1.165) is 36.4 Å². The van der Waals surface area contributed by atoms with Gasteiger partial charge in [0.1, 0.15) is 18.1 Å². The number of rotatable bonds is 6. The molecule has 1 atom stereocenters. The van der Waals surface area contributed by atoms with E-state index < -0.39 is 47.7 Å². The van der Waals surface area contributed by atoms with Crippen LogP contribution in [0.3, 0.4) is 0 Å². The minimum absolute atomic E-state index is 0.0957. The molecule has 160 valence electrons. The molecule has 1 N–H and O–H groups in total. The van der Waals surface area contributed by atoms with Crippen molar-refractivity contribution in [3.63, 3.8) is 0 Å². The largest absolute Gasteiger partial charge is 0.573 e. The van der Waals surface area contributed by atoms with E-state index >= 15 is 0 Å². The molecule has 0 spiro atoms. The normalized spacial score (nSPS) is 13.7. The van der Waals surface area contributed by atoms with Gasteiger partial charge in [0.25, 0.3) is 5.91 Å². The van der Waals surface area contributed by atoms with Crippen LogP contribution in [0.4, 0.5) is 26.3 Å². The van der Waals surface area contributed by atoms with Crippen molar-refractivity contribution >= 4 is 5.91 Å². The molecule has 0 aromatic heterocycles. The zero-order valence-electron chi connectivity index (χ0n) is 15.3. The predicted molar refractivity (Wildman–Crippen MR) is 91.5 cm³/mol. The lowest BCUT2D eigenvalue weighted by molar-refractivity contribution is -0.274. The van der Waals surface area contributed by atoms with Gasteiger partial charge in [-0.25, -0.2) is 0 Å². The highest BCUT2D eigenvalue weighted by molar-refractivity contribution is 5.95. The second kappa shape index (κ2) is 8.52. The number of nitrogens with zero attached hydrogens (tertiary/aromatic N) is 1. The van der Waals surface area contributed by atoms with E-state index in [4.69, 9.17) is 4.74 Å². The fraction of sp³-hybridized carbons (Fsp3) is 0.263. The summed E-state index contributed by atoms with van der Waals surface area (Å²) in [6, 6.07) is 9.99. The minimum Gasteiger partial charge on any atom is -0.489 e. The lowest BCUT2D eigenvalue weighted by Gasteiger charge is -2.24. The monoisotopic (exact) mass is 432 g/mol. The molecular weight excluding hydrogens is 418 g/mol. The summed E-state index contributed by atoms with van der Waals surface area (Å²) in [5, 5.41) is 11.6. The number of benzene rings is 2. The van der Waals surface area contributed by atoms with Gasteiger partial charge in [-0.3, -0.25) is 4.79 Å². The number of nitrogens with one attached hydrogen (secondary N) is 1. The highest BCUT2D eigenvalue weighted by Crippen LogP contribution is 2.36. The number of hydrogen-bond acceptors (Lipinski definition) is 4. The van der Waals surface area contributed by atoms with Crippen LogP contribution in [0.5, 0.6) is 11.5 Å². The Hall–Kier alpha value is -3.42. The van der Waals surface area contributed by atoms with Crippen LogP contribution in [0.1, 0.15) is 22.8 Å². The third-order valence-electron chi connectivity index (χ3n) is 3.70. The van der Waals surface area contributed by atoms with Crippen LogP contribution in [-0.4, -0.2) is 24.4 Å². The van der Waals surface area contributed by atoms with Gasteiger partial charge in [0.15, 0.2) is 5.54 Å². The molecule has 0 saturated carbocycles. The van der Waals surface area contributed by atoms with Crippen LogP contribution >= 0.6 is 0 Å². The lowest BCUT2D eigenvalue weighted by atomic mass is 10.0. The molecule has 0 aliphatic rings. The zero-order chi connectivity index (χ0) is 22.6. The summed E-state index contributed by atoms with van der Waals surface area (Å²) in [5.74, 6) is -1.91. The molecule has 2 rings (SSSR count). The Bertz CT molecular complexity index is 935. The van der Waals surface area contributed by atoms with Gasteiger partial charge in [0.05, 0.1) is 11.6 Å². The Balaban J connectivity index is 2.09. The van der Waals surface area contributed by atoms with Gasteiger partial charge >= 0.3 is 12.5 Å². The average molecular weight is 432 g/mol. The highest BCUT2D eigenvalue weighted by atomic mass is 19.4. The fourth-order valence-electron chi connectivity index (χ4n) is 2.28. The van der Waals surface area contributed by atoms with Crippen LogP contribution in [0.2, 0.25) is 0 Å². The fourth-order valence-corrected chi connectivity index (χ4v) is 2.28. The first-order valence-electron chi connectivity index (χ1n) is 8.21. The highest BCUT2D eigenvalue weighted by Gasteiger charge is 2.35. The van der Waals surface area contributed by atoms with Crippen LogP contribution in [-0.2, 0) is 6.18 Å². The molecule has 0 saturated heterocycles. The van der Waals surface area contributed by atoms with E-state index in [1.807, 2.05) is 0 Å². The quantitative estimate of drug-likeness (QED) is 0.672. The van der Waals surface area contributed by atoms with Crippen molar-refractivity contribution < 1.29 is 40.6 Å². The molecule has 0 unspecified atom stereocenters. The summed E-state index contributed by atoms with van der Waals surface area (Å²) in [7, 11) is 0. The molecule has 11 heteroatoms. The van der Waals surface area contributed by atoms with Crippen LogP contribution in [0, 0.1) is 11.3 Å². The predicted octanol–water partition coefficient (Wildman–Crippen LogP) is 4.70. The molecule has 0 fully saturated rings. The van der Waals surface area contributed by atoms with Crippen LogP contribution in [0.15, 0.2) is 48.5 Å². The summed E-state index contributed by atoms with van der Waals surface area (Å²) >= 11 is 0. The van der Waals surface area contributed by atoms with E-state index in [-0.39, 0.29) is 5.56 Å². The van der Waals surface area contributed by atoms with Crippen molar-refractivity contribution in [3.8, 4) is 17.6 Å². The molecule has 30 heavy (non-hydrogen) atoms. The number of carbonyl (C=O) groups is 1. The average Bonchev–Trinajstić information content (AvgIpc) is 2.65. The summed E-state index contributed by atoms with van der Waals surface area (Å²) < 4.78 is 84.4.